The van der Waals surface area contributed by atoms with Gasteiger partial charge < -0.3 is 15.5 Å². The first-order valence-electron chi connectivity index (χ1n) is 13.1. The SMILES string of the molecule is Cc1ccc(C(=O)Nc2cc(N3CCC(C)CC3)cc(C(F)(F)F)c2)cc1Nc1nccc(-c2cccnc2)n1. The number of aryl methyl sites for hydroxylation is 1. The standard InChI is InChI=1S/C30H29F3N6O/c1-19-8-12-39(13-9-19)25-16-23(30(31,32)33)15-24(17-25)36-28(40)21-6-5-20(2)27(14-21)38-29-35-11-7-26(37-29)22-4-3-10-34-18-22/h3-7,10-11,14-19H,8-9,12-13H2,1-2H3,(H,36,40)(H,35,37,38). The van der Waals surface area contributed by atoms with Gasteiger partial charge in [-0.2, -0.15) is 13.2 Å². The van der Waals surface area contributed by atoms with Crippen molar-refractivity contribution in [3.05, 3.63) is 89.9 Å². The summed E-state index contributed by atoms with van der Waals surface area (Å²) in [6.45, 7) is 5.36. The molecule has 40 heavy (non-hydrogen) atoms. The Labute approximate surface area is 230 Å². The Balaban J connectivity index is 1.37. The maximum atomic E-state index is 13.7. The van der Waals surface area contributed by atoms with E-state index in [0.717, 1.165) is 36.1 Å². The summed E-state index contributed by atoms with van der Waals surface area (Å²) in [5.41, 5.74) is 2.98. The molecule has 7 nitrogen and oxygen atoms in total. The summed E-state index contributed by atoms with van der Waals surface area (Å²) in [6, 6.07) is 14.2. The molecule has 1 amide bonds. The number of rotatable bonds is 6. The van der Waals surface area contributed by atoms with Crippen LogP contribution in [0.15, 0.2) is 73.2 Å². The van der Waals surface area contributed by atoms with Crippen LogP contribution in [0.25, 0.3) is 11.3 Å². The lowest BCUT2D eigenvalue weighted by Gasteiger charge is -2.32. The van der Waals surface area contributed by atoms with E-state index in [9.17, 15) is 18.0 Å². The topological polar surface area (TPSA) is 83.0 Å². The van der Waals surface area contributed by atoms with Crippen molar-refractivity contribution >= 4 is 28.9 Å². The normalized spacial score (nSPS) is 14.2. The van der Waals surface area contributed by atoms with E-state index >= 15 is 0 Å². The minimum Gasteiger partial charge on any atom is -0.371 e. The van der Waals surface area contributed by atoms with Gasteiger partial charge in [0.15, 0.2) is 0 Å². The number of benzene rings is 2. The van der Waals surface area contributed by atoms with Crippen LogP contribution in [0.1, 0.15) is 41.3 Å². The predicted molar refractivity (Wildman–Crippen MR) is 150 cm³/mol. The van der Waals surface area contributed by atoms with Gasteiger partial charge in [-0.05, 0) is 79.8 Å². The van der Waals surface area contributed by atoms with Crippen LogP contribution in [0.3, 0.4) is 0 Å². The molecule has 1 saturated heterocycles. The molecule has 2 aromatic carbocycles. The van der Waals surface area contributed by atoms with Gasteiger partial charge >= 0.3 is 6.18 Å². The quantitative estimate of drug-likeness (QED) is 0.269. The van der Waals surface area contributed by atoms with Gasteiger partial charge in [-0.1, -0.05) is 13.0 Å². The molecule has 1 fully saturated rings. The fraction of sp³-hybridized carbons (Fsp3) is 0.267. The molecule has 0 spiro atoms. The van der Waals surface area contributed by atoms with Crippen LogP contribution >= 0.6 is 0 Å². The summed E-state index contributed by atoms with van der Waals surface area (Å²) in [6.07, 6.45) is 2.28. The lowest BCUT2D eigenvalue weighted by atomic mass is 9.98. The van der Waals surface area contributed by atoms with Gasteiger partial charge in [0.1, 0.15) is 0 Å². The van der Waals surface area contributed by atoms with E-state index in [2.05, 4.69) is 32.5 Å². The third-order valence-electron chi connectivity index (χ3n) is 7.01. The minimum atomic E-state index is -4.54. The van der Waals surface area contributed by atoms with Gasteiger partial charge in [0.25, 0.3) is 5.91 Å². The number of anilines is 4. The second-order valence-electron chi connectivity index (χ2n) is 10.1. The molecule has 0 unspecified atom stereocenters. The zero-order valence-electron chi connectivity index (χ0n) is 22.2. The maximum absolute atomic E-state index is 13.7. The molecule has 4 aromatic rings. The number of pyridine rings is 1. The summed E-state index contributed by atoms with van der Waals surface area (Å²) in [5.74, 6) is 0.347. The van der Waals surface area contributed by atoms with Gasteiger partial charge in [-0.3, -0.25) is 9.78 Å². The number of carbonyl (C=O) groups excluding carboxylic acids is 1. The summed E-state index contributed by atoms with van der Waals surface area (Å²) < 4.78 is 41.2. The maximum Gasteiger partial charge on any atom is 0.416 e. The molecule has 2 N–H and O–H groups in total. The number of nitrogens with one attached hydrogen (secondary N) is 2. The summed E-state index contributed by atoms with van der Waals surface area (Å²) in [7, 11) is 0. The first kappa shape index (κ1) is 27.1. The van der Waals surface area contributed by atoms with E-state index in [1.165, 1.54) is 0 Å². The van der Waals surface area contributed by atoms with Crippen LogP contribution in [0, 0.1) is 12.8 Å². The van der Waals surface area contributed by atoms with Gasteiger partial charge in [0.2, 0.25) is 5.95 Å². The fourth-order valence-corrected chi connectivity index (χ4v) is 4.61. The highest BCUT2D eigenvalue weighted by Crippen LogP contribution is 2.36. The van der Waals surface area contributed by atoms with E-state index in [0.29, 0.717) is 42.0 Å². The van der Waals surface area contributed by atoms with Crippen molar-refractivity contribution in [2.24, 2.45) is 5.92 Å². The molecular weight excluding hydrogens is 517 g/mol. The Morgan fingerprint density at radius 3 is 2.55 bits per heavy atom. The Morgan fingerprint density at radius 2 is 1.82 bits per heavy atom. The second-order valence-corrected chi connectivity index (χ2v) is 10.1. The smallest absolute Gasteiger partial charge is 0.371 e. The van der Waals surface area contributed by atoms with Gasteiger partial charge in [-0.15, -0.1) is 0 Å². The van der Waals surface area contributed by atoms with Crippen LogP contribution in [0.5, 0.6) is 0 Å². The van der Waals surface area contributed by atoms with Crippen molar-refractivity contribution in [1.82, 2.24) is 15.0 Å². The van der Waals surface area contributed by atoms with Crippen LogP contribution < -0.4 is 15.5 Å². The molecule has 10 heteroatoms. The zero-order valence-corrected chi connectivity index (χ0v) is 22.2. The number of aromatic nitrogens is 3. The average Bonchev–Trinajstić information content (AvgIpc) is 2.94. The highest BCUT2D eigenvalue weighted by Gasteiger charge is 2.32. The van der Waals surface area contributed by atoms with Crippen LogP contribution in [-0.4, -0.2) is 33.9 Å². The number of hydrogen-bond acceptors (Lipinski definition) is 6. The van der Waals surface area contributed by atoms with Crippen molar-refractivity contribution in [2.45, 2.75) is 32.9 Å². The number of carbonyl (C=O) groups is 1. The molecule has 5 rings (SSSR count). The lowest BCUT2D eigenvalue weighted by Crippen LogP contribution is -2.33. The lowest BCUT2D eigenvalue weighted by molar-refractivity contribution is -0.137. The van der Waals surface area contributed by atoms with Gasteiger partial charge in [0.05, 0.1) is 11.3 Å². The number of hydrogen-bond donors (Lipinski definition) is 2. The van der Waals surface area contributed by atoms with E-state index < -0.39 is 17.6 Å². The van der Waals surface area contributed by atoms with Crippen molar-refractivity contribution in [3.8, 4) is 11.3 Å². The fourth-order valence-electron chi connectivity index (χ4n) is 4.61. The average molecular weight is 547 g/mol. The summed E-state index contributed by atoms with van der Waals surface area (Å²) in [4.78, 5) is 28.1. The monoisotopic (exact) mass is 546 g/mol. The van der Waals surface area contributed by atoms with Crippen molar-refractivity contribution in [2.75, 3.05) is 28.6 Å². The molecule has 0 aliphatic carbocycles. The van der Waals surface area contributed by atoms with E-state index in [4.69, 9.17) is 0 Å². The number of piperidine rings is 1. The van der Waals surface area contributed by atoms with Crippen LogP contribution in [-0.2, 0) is 6.18 Å². The summed E-state index contributed by atoms with van der Waals surface area (Å²) >= 11 is 0. The third kappa shape index (κ3) is 6.39. The number of amides is 1. The zero-order chi connectivity index (χ0) is 28.3. The Bertz CT molecular complexity index is 1500. The number of nitrogens with zero attached hydrogens (tertiary/aromatic N) is 4. The van der Waals surface area contributed by atoms with Crippen LogP contribution in [0.2, 0.25) is 0 Å². The first-order chi connectivity index (χ1) is 19.2. The Morgan fingerprint density at radius 1 is 1.02 bits per heavy atom. The van der Waals surface area contributed by atoms with Gasteiger partial charge in [0, 0.05) is 59.9 Å². The van der Waals surface area contributed by atoms with E-state index in [1.54, 1.807) is 48.9 Å². The van der Waals surface area contributed by atoms with Gasteiger partial charge in [-0.25, -0.2) is 9.97 Å². The van der Waals surface area contributed by atoms with Crippen LogP contribution in [0.4, 0.5) is 36.2 Å². The molecule has 2 aromatic heterocycles. The molecule has 206 valence electrons. The summed E-state index contributed by atoms with van der Waals surface area (Å²) in [5, 5.41) is 5.82. The molecule has 0 bridgehead atoms. The van der Waals surface area contributed by atoms with E-state index in [-0.39, 0.29) is 11.3 Å². The highest BCUT2D eigenvalue weighted by molar-refractivity contribution is 6.05. The second kappa shape index (κ2) is 11.3. The Hall–Kier alpha value is -4.47. The molecule has 1 aliphatic rings. The number of halogens is 3. The van der Waals surface area contributed by atoms with Crippen molar-refractivity contribution in [1.29, 1.82) is 0 Å². The molecule has 1 aliphatic heterocycles. The molecular formula is C30H29F3N6O. The third-order valence-corrected chi connectivity index (χ3v) is 7.01. The highest BCUT2D eigenvalue weighted by atomic mass is 19.4. The predicted octanol–water partition coefficient (Wildman–Crippen LogP) is 7.10. The largest absolute Gasteiger partial charge is 0.416 e. The molecule has 0 saturated carbocycles. The number of alkyl halides is 3. The molecule has 3 heterocycles. The van der Waals surface area contributed by atoms with E-state index in [1.807, 2.05) is 24.0 Å². The van der Waals surface area contributed by atoms with Crippen molar-refractivity contribution < 1.29 is 18.0 Å². The minimum absolute atomic E-state index is 0.0936. The first-order valence-corrected chi connectivity index (χ1v) is 13.1. The molecule has 0 radical (unpaired) electrons. The Kier molecular flexibility index (Phi) is 7.68. The molecule has 0 atom stereocenters. The van der Waals surface area contributed by atoms with Crippen molar-refractivity contribution in [3.63, 3.8) is 0 Å².